The molecule has 1 aromatic carbocycles. The Balaban J connectivity index is 2.54. The van der Waals surface area contributed by atoms with Gasteiger partial charge < -0.3 is 10.4 Å². The molecule has 1 aromatic rings. The number of carbonyl (C=O) groups excluding carboxylic acids is 1. The van der Waals surface area contributed by atoms with E-state index in [0.29, 0.717) is 15.6 Å². The molecule has 116 valence electrons. The van der Waals surface area contributed by atoms with Crippen LogP contribution < -0.4 is 5.32 Å². The Morgan fingerprint density at radius 3 is 2.62 bits per heavy atom. The van der Waals surface area contributed by atoms with Crippen LogP contribution in [-0.4, -0.2) is 23.7 Å². The SMILES string of the molecule is CCC(CC)C(O)CNC(=O)/C=C/c1cccc(Cl)c1Cl. The summed E-state index contributed by atoms with van der Waals surface area (Å²) in [6.45, 7) is 4.30. The van der Waals surface area contributed by atoms with Crippen LogP contribution in [0.15, 0.2) is 24.3 Å². The zero-order chi connectivity index (χ0) is 15.8. The van der Waals surface area contributed by atoms with E-state index in [4.69, 9.17) is 23.2 Å². The maximum absolute atomic E-state index is 11.7. The molecular weight excluding hydrogens is 309 g/mol. The molecule has 0 aliphatic carbocycles. The van der Waals surface area contributed by atoms with E-state index in [1.165, 1.54) is 6.08 Å². The molecule has 1 unspecified atom stereocenters. The van der Waals surface area contributed by atoms with Crippen LogP contribution in [-0.2, 0) is 4.79 Å². The summed E-state index contributed by atoms with van der Waals surface area (Å²) in [6.07, 6.45) is 4.25. The predicted octanol–water partition coefficient (Wildman–Crippen LogP) is 3.92. The average molecular weight is 330 g/mol. The van der Waals surface area contributed by atoms with Crippen molar-refractivity contribution in [3.8, 4) is 0 Å². The van der Waals surface area contributed by atoms with E-state index >= 15 is 0 Å². The van der Waals surface area contributed by atoms with Crippen LogP contribution in [0.4, 0.5) is 0 Å². The number of aliphatic hydroxyl groups is 1. The summed E-state index contributed by atoms with van der Waals surface area (Å²) in [5.74, 6) is -0.0623. The van der Waals surface area contributed by atoms with Crippen molar-refractivity contribution in [2.75, 3.05) is 6.54 Å². The number of nitrogens with one attached hydrogen (secondary N) is 1. The minimum Gasteiger partial charge on any atom is -0.391 e. The van der Waals surface area contributed by atoms with Gasteiger partial charge in [-0.15, -0.1) is 0 Å². The molecule has 5 heteroatoms. The second-order valence-electron chi connectivity index (χ2n) is 4.87. The van der Waals surface area contributed by atoms with E-state index < -0.39 is 6.10 Å². The summed E-state index contributed by atoms with van der Waals surface area (Å²) >= 11 is 11.9. The molecule has 3 nitrogen and oxygen atoms in total. The largest absolute Gasteiger partial charge is 0.391 e. The lowest BCUT2D eigenvalue weighted by Gasteiger charge is -2.19. The van der Waals surface area contributed by atoms with Gasteiger partial charge in [-0.1, -0.05) is 62.0 Å². The van der Waals surface area contributed by atoms with Crippen molar-refractivity contribution in [3.63, 3.8) is 0 Å². The van der Waals surface area contributed by atoms with Crippen molar-refractivity contribution in [2.45, 2.75) is 32.8 Å². The first-order valence-corrected chi connectivity index (χ1v) is 7.83. The highest BCUT2D eigenvalue weighted by Gasteiger charge is 2.15. The lowest BCUT2D eigenvalue weighted by molar-refractivity contribution is -0.117. The number of hydrogen-bond acceptors (Lipinski definition) is 2. The van der Waals surface area contributed by atoms with Gasteiger partial charge in [0.1, 0.15) is 0 Å². The maximum atomic E-state index is 11.7. The van der Waals surface area contributed by atoms with Crippen LogP contribution in [0.2, 0.25) is 10.0 Å². The number of halogens is 2. The molecule has 0 radical (unpaired) electrons. The molecule has 1 amide bonds. The summed E-state index contributed by atoms with van der Waals surface area (Å²) in [6, 6.07) is 5.23. The molecule has 0 fully saturated rings. The monoisotopic (exact) mass is 329 g/mol. The molecule has 21 heavy (non-hydrogen) atoms. The van der Waals surface area contributed by atoms with Crippen molar-refractivity contribution >= 4 is 35.2 Å². The second kappa shape index (κ2) is 9.08. The Morgan fingerprint density at radius 2 is 2.00 bits per heavy atom. The lowest BCUT2D eigenvalue weighted by atomic mass is 9.96. The van der Waals surface area contributed by atoms with E-state index in [1.807, 2.05) is 13.8 Å². The maximum Gasteiger partial charge on any atom is 0.244 e. The van der Waals surface area contributed by atoms with Gasteiger partial charge in [-0.3, -0.25) is 4.79 Å². The number of aliphatic hydroxyl groups excluding tert-OH is 1. The summed E-state index contributed by atoms with van der Waals surface area (Å²) < 4.78 is 0. The highest BCUT2D eigenvalue weighted by molar-refractivity contribution is 6.42. The topological polar surface area (TPSA) is 49.3 Å². The molecule has 1 rings (SSSR count). The van der Waals surface area contributed by atoms with Crippen molar-refractivity contribution < 1.29 is 9.90 Å². The van der Waals surface area contributed by atoms with E-state index in [1.54, 1.807) is 24.3 Å². The van der Waals surface area contributed by atoms with Gasteiger partial charge in [0.05, 0.1) is 16.1 Å². The fraction of sp³-hybridized carbons (Fsp3) is 0.438. The highest BCUT2D eigenvalue weighted by Crippen LogP contribution is 2.26. The number of benzene rings is 1. The third-order valence-electron chi connectivity index (χ3n) is 3.47. The third-order valence-corrected chi connectivity index (χ3v) is 4.31. The first-order valence-electron chi connectivity index (χ1n) is 7.07. The summed E-state index contributed by atoms with van der Waals surface area (Å²) in [5, 5.41) is 13.5. The normalized spacial score (nSPS) is 12.9. The number of carbonyl (C=O) groups is 1. The van der Waals surface area contributed by atoms with Gasteiger partial charge in [0.25, 0.3) is 0 Å². The molecule has 0 aliphatic rings. The molecule has 0 spiro atoms. The average Bonchev–Trinajstić information content (AvgIpc) is 2.48. The van der Waals surface area contributed by atoms with Gasteiger partial charge in [-0.25, -0.2) is 0 Å². The fourth-order valence-electron chi connectivity index (χ4n) is 2.08. The third kappa shape index (κ3) is 5.70. The van der Waals surface area contributed by atoms with Crippen molar-refractivity contribution in [2.24, 2.45) is 5.92 Å². The van der Waals surface area contributed by atoms with Crippen LogP contribution in [0, 0.1) is 5.92 Å². The highest BCUT2D eigenvalue weighted by atomic mass is 35.5. The lowest BCUT2D eigenvalue weighted by Crippen LogP contribution is -2.35. The van der Waals surface area contributed by atoms with Crippen LogP contribution in [0.3, 0.4) is 0 Å². The molecule has 1 atom stereocenters. The van der Waals surface area contributed by atoms with Gasteiger partial charge >= 0.3 is 0 Å². The minimum absolute atomic E-state index is 0.205. The van der Waals surface area contributed by atoms with Crippen molar-refractivity contribution in [1.82, 2.24) is 5.32 Å². The van der Waals surface area contributed by atoms with Crippen molar-refractivity contribution in [1.29, 1.82) is 0 Å². The van der Waals surface area contributed by atoms with Crippen LogP contribution in [0.5, 0.6) is 0 Å². The first-order chi connectivity index (χ1) is 9.99. The molecule has 0 heterocycles. The Hall–Kier alpha value is -1.03. The molecule has 2 N–H and O–H groups in total. The zero-order valence-electron chi connectivity index (χ0n) is 12.3. The van der Waals surface area contributed by atoms with E-state index in [2.05, 4.69) is 5.32 Å². The van der Waals surface area contributed by atoms with E-state index in [-0.39, 0.29) is 18.4 Å². The number of hydrogen-bond donors (Lipinski definition) is 2. The predicted molar refractivity (Wildman–Crippen MR) is 88.6 cm³/mol. The van der Waals surface area contributed by atoms with Gasteiger partial charge in [-0.2, -0.15) is 0 Å². The first kappa shape index (κ1) is 18.0. The molecule has 0 bridgehead atoms. The van der Waals surface area contributed by atoms with Crippen LogP contribution in [0.1, 0.15) is 32.3 Å². The van der Waals surface area contributed by atoms with Crippen LogP contribution in [0.25, 0.3) is 6.08 Å². The Morgan fingerprint density at radius 1 is 1.33 bits per heavy atom. The smallest absolute Gasteiger partial charge is 0.244 e. The fourth-order valence-corrected chi connectivity index (χ4v) is 2.45. The van der Waals surface area contributed by atoms with E-state index in [0.717, 1.165) is 12.8 Å². The van der Waals surface area contributed by atoms with Gasteiger partial charge in [0, 0.05) is 12.6 Å². The summed E-state index contributed by atoms with van der Waals surface area (Å²) in [5.41, 5.74) is 0.680. The zero-order valence-corrected chi connectivity index (χ0v) is 13.8. The molecule has 0 aliphatic heterocycles. The summed E-state index contributed by atoms with van der Waals surface area (Å²) in [4.78, 5) is 11.7. The van der Waals surface area contributed by atoms with Gasteiger partial charge in [0.15, 0.2) is 0 Å². The van der Waals surface area contributed by atoms with Gasteiger partial charge in [0.2, 0.25) is 5.91 Å². The molecule has 0 saturated heterocycles. The van der Waals surface area contributed by atoms with Crippen LogP contribution >= 0.6 is 23.2 Å². The quantitative estimate of drug-likeness (QED) is 0.745. The minimum atomic E-state index is -0.521. The number of rotatable bonds is 7. The molecular formula is C16H21Cl2NO2. The molecule has 0 saturated carbocycles. The van der Waals surface area contributed by atoms with Gasteiger partial charge in [-0.05, 0) is 23.6 Å². The van der Waals surface area contributed by atoms with E-state index in [9.17, 15) is 9.90 Å². The Kier molecular flexibility index (Phi) is 7.79. The number of amides is 1. The van der Waals surface area contributed by atoms with Crippen molar-refractivity contribution in [3.05, 3.63) is 39.9 Å². The Bertz CT molecular complexity index is 499. The summed E-state index contributed by atoms with van der Waals surface area (Å²) in [7, 11) is 0. The standard InChI is InChI=1S/C16H21Cl2NO2/c1-3-11(4-2)14(20)10-19-15(21)9-8-12-6-5-7-13(17)16(12)18/h5-9,11,14,20H,3-4,10H2,1-2H3,(H,19,21)/b9-8+. The molecule has 0 aromatic heterocycles. The Labute approximate surface area is 136 Å². The second-order valence-corrected chi connectivity index (χ2v) is 5.65.